The molecule has 0 spiro atoms. The summed E-state index contributed by atoms with van der Waals surface area (Å²) < 4.78 is 5.03. The molecule has 2 aliphatic rings. The molecule has 0 radical (unpaired) electrons. The molecule has 0 aromatic rings. The summed E-state index contributed by atoms with van der Waals surface area (Å²) in [7, 11) is 1.51. The predicted octanol–water partition coefficient (Wildman–Crippen LogP) is 3.45. The Balaban J connectivity index is 0.00000200. The first-order valence-electron chi connectivity index (χ1n) is 6.26. The lowest BCUT2D eigenvalue weighted by atomic mass is 10.1. The highest BCUT2D eigenvalue weighted by molar-refractivity contribution is 8.93. The van der Waals surface area contributed by atoms with E-state index in [9.17, 15) is 4.79 Å². The number of ether oxygens (including phenoxy) is 1. The summed E-state index contributed by atoms with van der Waals surface area (Å²) >= 11 is 0. The van der Waals surface area contributed by atoms with Crippen LogP contribution in [0.4, 0.5) is 0 Å². The smallest absolute Gasteiger partial charge is 0.220 e. The Bertz CT molecular complexity index is 551. The second-order valence-corrected chi connectivity index (χ2v) is 4.16. The Hall–Kier alpha value is -1.81. The Kier molecular flexibility index (Phi) is 6.25. The van der Waals surface area contributed by atoms with Crippen molar-refractivity contribution in [3.8, 4) is 0 Å². The minimum atomic E-state index is -0.0945. The third-order valence-electron chi connectivity index (χ3n) is 2.95. The zero-order valence-electron chi connectivity index (χ0n) is 11.6. The maximum absolute atomic E-state index is 11.4. The van der Waals surface area contributed by atoms with E-state index in [0.717, 1.165) is 17.8 Å². The molecular weight excluding hydrogens is 318 g/mol. The average molecular weight is 336 g/mol. The molecule has 0 saturated carbocycles. The molecule has 1 heterocycles. The normalized spacial score (nSPS) is 21.2. The number of hydrogen-bond donors (Lipinski definition) is 0. The number of allylic oxidation sites excluding steroid dienone is 9. The second-order valence-electron chi connectivity index (χ2n) is 4.16. The highest BCUT2D eigenvalue weighted by atomic mass is 79.9. The number of carbonyl (C=O) groups excluding carboxylic acids is 1. The lowest BCUT2D eigenvalue weighted by Crippen LogP contribution is -2.15. The molecule has 0 aromatic heterocycles. The van der Waals surface area contributed by atoms with Crippen LogP contribution in [-0.2, 0) is 9.53 Å². The van der Waals surface area contributed by atoms with Gasteiger partial charge in [-0.05, 0) is 42.9 Å². The number of rotatable bonds is 3. The molecule has 2 rings (SSSR count). The van der Waals surface area contributed by atoms with E-state index in [0.29, 0.717) is 5.76 Å². The van der Waals surface area contributed by atoms with Crippen LogP contribution in [-0.4, -0.2) is 24.3 Å². The fourth-order valence-electron chi connectivity index (χ4n) is 1.90. The number of ketones is 1. The standard InChI is InChI=1S/C16H17NO2.BrH/c1-3-17-11-5-4-6-14(17)9-7-13-8-10-15(18)16(12-13)19-2;/h4-12H,3H2,1-2H3;1H/b13-7+,14-9+;. The van der Waals surface area contributed by atoms with E-state index < -0.39 is 0 Å². The van der Waals surface area contributed by atoms with Crippen molar-refractivity contribution >= 4 is 22.8 Å². The molecule has 0 N–H and O–H groups in total. The van der Waals surface area contributed by atoms with Crippen LogP contribution >= 0.6 is 17.0 Å². The van der Waals surface area contributed by atoms with E-state index in [2.05, 4.69) is 17.9 Å². The van der Waals surface area contributed by atoms with Gasteiger partial charge in [0.05, 0.1) is 7.11 Å². The van der Waals surface area contributed by atoms with Gasteiger partial charge in [0.2, 0.25) is 5.78 Å². The third kappa shape index (κ3) is 3.84. The number of methoxy groups -OCH3 is 1. The van der Waals surface area contributed by atoms with Crippen molar-refractivity contribution in [1.29, 1.82) is 0 Å². The van der Waals surface area contributed by atoms with Gasteiger partial charge in [-0.1, -0.05) is 18.2 Å². The van der Waals surface area contributed by atoms with Crippen LogP contribution in [0.3, 0.4) is 0 Å². The van der Waals surface area contributed by atoms with Gasteiger partial charge in [-0.3, -0.25) is 4.79 Å². The molecule has 0 bridgehead atoms. The Morgan fingerprint density at radius 3 is 2.70 bits per heavy atom. The molecule has 0 atom stereocenters. The topological polar surface area (TPSA) is 29.5 Å². The van der Waals surface area contributed by atoms with Gasteiger partial charge in [0.1, 0.15) is 0 Å². The molecule has 0 aromatic carbocycles. The number of halogens is 1. The maximum Gasteiger partial charge on any atom is 0.220 e. The summed E-state index contributed by atoms with van der Waals surface area (Å²) in [5, 5.41) is 0. The van der Waals surface area contributed by atoms with Crippen molar-refractivity contribution in [2.45, 2.75) is 6.92 Å². The zero-order chi connectivity index (χ0) is 13.7. The van der Waals surface area contributed by atoms with E-state index in [1.807, 2.05) is 30.5 Å². The van der Waals surface area contributed by atoms with Gasteiger partial charge in [0.15, 0.2) is 5.76 Å². The molecule has 4 heteroatoms. The fraction of sp³-hybridized carbons (Fsp3) is 0.188. The van der Waals surface area contributed by atoms with E-state index in [4.69, 9.17) is 4.74 Å². The molecule has 0 amide bonds. The van der Waals surface area contributed by atoms with Gasteiger partial charge in [0.25, 0.3) is 0 Å². The molecule has 1 aliphatic carbocycles. The summed E-state index contributed by atoms with van der Waals surface area (Å²) in [6.45, 7) is 3.02. The highest BCUT2D eigenvalue weighted by Crippen LogP contribution is 2.16. The fourth-order valence-corrected chi connectivity index (χ4v) is 1.90. The van der Waals surface area contributed by atoms with Gasteiger partial charge in [-0.15, -0.1) is 17.0 Å². The summed E-state index contributed by atoms with van der Waals surface area (Å²) in [5.74, 6) is 0.279. The number of nitrogens with zero attached hydrogens (tertiary/aromatic N) is 1. The van der Waals surface area contributed by atoms with Crippen LogP contribution in [0.25, 0.3) is 0 Å². The lowest BCUT2D eigenvalue weighted by Gasteiger charge is -2.21. The van der Waals surface area contributed by atoms with Gasteiger partial charge in [-0.2, -0.15) is 0 Å². The monoisotopic (exact) mass is 335 g/mol. The quantitative estimate of drug-likeness (QED) is 0.791. The Morgan fingerprint density at radius 2 is 2.00 bits per heavy atom. The molecular formula is C16H18BrNO2. The molecule has 1 aliphatic heterocycles. The molecule has 0 fully saturated rings. The van der Waals surface area contributed by atoms with Gasteiger partial charge in [-0.25, -0.2) is 0 Å². The summed E-state index contributed by atoms with van der Waals surface area (Å²) in [5.41, 5.74) is 2.07. The molecule has 0 unspecified atom stereocenters. The summed E-state index contributed by atoms with van der Waals surface area (Å²) in [6, 6.07) is 0. The number of carbonyl (C=O) groups is 1. The largest absolute Gasteiger partial charge is 0.493 e. The molecule has 20 heavy (non-hydrogen) atoms. The first kappa shape index (κ1) is 16.2. The molecule has 3 nitrogen and oxygen atoms in total. The van der Waals surface area contributed by atoms with Gasteiger partial charge in [0, 0.05) is 18.4 Å². The van der Waals surface area contributed by atoms with Crippen molar-refractivity contribution in [2.75, 3.05) is 13.7 Å². The van der Waals surface area contributed by atoms with E-state index in [1.54, 1.807) is 12.2 Å². The molecule has 106 valence electrons. The summed E-state index contributed by atoms with van der Waals surface area (Å²) in [4.78, 5) is 13.6. The van der Waals surface area contributed by atoms with Crippen LogP contribution < -0.4 is 0 Å². The van der Waals surface area contributed by atoms with E-state index in [-0.39, 0.29) is 22.8 Å². The van der Waals surface area contributed by atoms with Crippen molar-refractivity contribution in [3.63, 3.8) is 0 Å². The van der Waals surface area contributed by atoms with Crippen molar-refractivity contribution in [1.82, 2.24) is 4.90 Å². The Morgan fingerprint density at radius 1 is 1.20 bits per heavy atom. The second kappa shape index (κ2) is 7.70. The lowest BCUT2D eigenvalue weighted by molar-refractivity contribution is -0.114. The van der Waals surface area contributed by atoms with Crippen LogP contribution in [0.2, 0.25) is 0 Å². The van der Waals surface area contributed by atoms with Crippen molar-refractivity contribution in [2.24, 2.45) is 0 Å². The van der Waals surface area contributed by atoms with Crippen LogP contribution in [0.15, 0.2) is 71.8 Å². The van der Waals surface area contributed by atoms with Gasteiger partial charge >= 0.3 is 0 Å². The van der Waals surface area contributed by atoms with Crippen LogP contribution in [0, 0.1) is 0 Å². The SMILES string of the molecule is Br.CCN1C=CC=C/C1=C\C=C1/C=CC(=O)C(OC)=C1. The predicted molar refractivity (Wildman–Crippen MR) is 86.4 cm³/mol. The summed E-state index contributed by atoms with van der Waals surface area (Å²) in [6.07, 6.45) is 17.2. The molecule has 0 saturated heterocycles. The van der Waals surface area contributed by atoms with E-state index in [1.165, 1.54) is 13.2 Å². The zero-order valence-corrected chi connectivity index (χ0v) is 13.3. The maximum atomic E-state index is 11.4. The van der Waals surface area contributed by atoms with Crippen molar-refractivity contribution in [3.05, 3.63) is 71.8 Å². The first-order valence-corrected chi connectivity index (χ1v) is 6.26. The highest BCUT2D eigenvalue weighted by Gasteiger charge is 2.10. The minimum absolute atomic E-state index is 0. The Labute approximate surface area is 130 Å². The van der Waals surface area contributed by atoms with Gasteiger partial charge < -0.3 is 9.64 Å². The van der Waals surface area contributed by atoms with Crippen LogP contribution in [0.5, 0.6) is 0 Å². The number of hydrogen-bond acceptors (Lipinski definition) is 3. The number of likely N-dealkylation sites (N-methyl/N-ethyl adjacent to an activating group) is 1. The van der Waals surface area contributed by atoms with E-state index >= 15 is 0 Å². The van der Waals surface area contributed by atoms with Crippen molar-refractivity contribution < 1.29 is 9.53 Å². The minimum Gasteiger partial charge on any atom is -0.493 e. The first-order chi connectivity index (χ1) is 9.24. The third-order valence-corrected chi connectivity index (χ3v) is 2.95. The average Bonchev–Trinajstić information content (AvgIpc) is 2.46. The van der Waals surface area contributed by atoms with Crippen LogP contribution in [0.1, 0.15) is 6.92 Å².